The lowest BCUT2D eigenvalue weighted by atomic mass is 9.70. The zero-order valence-corrected chi connectivity index (χ0v) is 28.5. The summed E-state index contributed by atoms with van der Waals surface area (Å²) < 4.78 is 0. The molecule has 236 valence electrons. The van der Waals surface area contributed by atoms with Crippen molar-refractivity contribution in [1.82, 2.24) is 0 Å². The minimum atomic E-state index is -0.337. The van der Waals surface area contributed by atoms with E-state index in [1.54, 1.807) is 0 Å². The molecule has 0 bridgehead atoms. The largest absolute Gasteiger partial charge is 0.0901 e. The predicted octanol–water partition coefficient (Wildman–Crippen LogP) is 12.5. The van der Waals surface area contributed by atoms with Crippen LogP contribution in [0.2, 0.25) is 0 Å². The van der Waals surface area contributed by atoms with Crippen LogP contribution in [0.5, 0.6) is 0 Å². The normalized spacial score (nSPS) is 15.1. The standard InChI is InChI=1S/C50H30S/c1-7-19-41-33(13-1)34-14-2-8-20-42(34)49(41)45-23-11-5-17-37(45)39-27-25-31(29-47(39)49)51-32-26-28-40-38-18-6-12-24-46(38)50(48(40)30-32)43-21-9-3-15-35(43)36-16-4-10-22-44(36)50/h1-30H. The quantitative estimate of drug-likeness (QED) is 0.178. The number of benzene rings is 8. The van der Waals surface area contributed by atoms with Gasteiger partial charge in [0.15, 0.2) is 0 Å². The number of hydrogen-bond donors (Lipinski definition) is 0. The third-order valence-electron chi connectivity index (χ3n) is 12.2. The van der Waals surface area contributed by atoms with E-state index in [4.69, 9.17) is 0 Å². The van der Waals surface area contributed by atoms with Crippen molar-refractivity contribution in [1.29, 1.82) is 0 Å². The zero-order chi connectivity index (χ0) is 33.3. The molecule has 2 spiro atoms. The molecule has 0 saturated heterocycles. The number of rotatable bonds is 2. The Morgan fingerprint density at radius 3 is 0.745 bits per heavy atom. The molecular weight excluding hydrogens is 633 g/mol. The summed E-state index contributed by atoms with van der Waals surface area (Å²) in [5.74, 6) is 0. The van der Waals surface area contributed by atoms with Gasteiger partial charge >= 0.3 is 0 Å². The molecule has 8 aromatic carbocycles. The van der Waals surface area contributed by atoms with Crippen LogP contribution < -0.4 is 0 Å². The second-order valence-electron chi connectivity index (χ2n) is 14.3. The third kappa shape index (κ3) is 3.29. The molecule has 4 aliphatic rings. The van der Waals surface area contributed by atoms with Gasteiger partial charge < -0.3 is 0 Å². The highest BCUT2D eigenvalue weighted by Gasteiger charge is 2.53. The molecule has 4 aliphatic carbocycles. The van der Waals surface area contributed by atoms with Crippen LogP contribution in [0, 0.1) is 0 Å². The molecule has 0 saturated carbocycles. The van der Waals surface area contributed by atoms with Gasteiger partial charge in [-0.2, -0.15) is 0 Å². The average molecular weight is 663 g/mol. The number of hydrogen-bond acceptors (Lipinski definition) is 1. The minimum Gasteiger partial charge on any atom is -0.0901 e. The van der Waals surface area contributed by atoms with Crippen LogP contribution in [-0.4, -0.2) is 0 Å². The van der Waals surface area contributed by atoms with Crippen molar-refractivity contribution in [2.75, 3.05) is 0 Å². The maximum Gasteiger partial charge on any atom is 0.0725 e. The van der Waals surface area contributed by atoms with E-state index >= 15 is 0 Å². The first-order chi connectivity index (χ1) is 25.3. The van der Waals surface area contributed by atoms with Crippen molar-refractivity contribution in [3.8, 4) is 44.5 Å². The van der Waals surface area contributed by atoms with Gasteiger partial charge in [0.25, 0.3) is 0 Å². The molecule has 51 heavy (non-hydrogen) atoms. The van der Waals surface area contributed by atoms with E-state index in [9.17, 15) is 0 Å². The molecule has 0 radical (unpaired) electrons. The Labute approximate surface area is 302 Å². The van der Waals surface area contributed by atoms with Crippen LogP contribution in [0.25, 0.3) is 44.5 Å². The highest BCUT2D eigenvalue weighted by molar-refractivity contribution is 7.99. The van der Waals surface area contributed by atoms with Gasteiger partial charge in [-0.15, -0.1) is 0 Å². The predicted molar refractivity (Wildman–Crippen MR) is 210 cm³/mol. The monoisotopic (exact) mass is 662 g/mol. The first-order valence-electron chi connectivity index (χ1n) is 17.8. The van der Waals surface area contributed by atoms with Gasteiger partial charge in [-0.05, 0) is 113 Å². The summed E-state index contributed by atoms with van der Waals surface area (Å²) in [6.07, 6.45) is 0. The molecule has 8 aromatic rings. The fraction of sp³-hybridized carbons (Fsp3) is 0.0400. The summed E-state index contributed by atoms with van der Waals surface area (Å²) in [4.78, 5) is 2.53. The smallest absolute Gasteiger partial charge is 0.0725 e. The van der Waals surface area contributed by atoms with Crippen molar-refractivity contribution in [3.05, 3.63) is 226 Å². The Bertz CT molecular complexity index is 2480. The Morgan fingerprint density at radius 2 is 0.471 bits per heavy atom. The van der Waals surface area contributed by atoms with Gasteiger partial charge in [0.1, 0.15) is 0 Å². The molecule has 0 amide bonds. The molecule has 0 heterocycles. The molecule has 0 aliphatic heterocycles. The zero-order valence-electron chi connectivity index (χ0n) is 27.7. The van der Waals surface area contributed by atoms with Gasteiger partial charge in [-0.1, -0.05) is 169 Å². The topological polar surface area (TPSA) is 0 Å². The third-order valence-corrected chi connectivity index (χ3v) is 13.2. The van der Waals surface area contributed by atoms with Crippen LogP contribution >= 0.6 is 11.8 Å². The summed E-state index contributed by atoms with van der Waals surface area (Å²) in [5.41, 5.74) is 21.1. The summed E-state index contributed by atoms with van der Waals surface area (Å²) in [6, 6.07) is 68.8. The van der Waals surface area contributed by atoms with Crippen LogP contribution in [0.4, 0.5) is 0 Å². The summed E-state index contributed by atoms with van der Waals surface area (Å²) in [5, 5.41) is 0. The van der Waals surface area contributed by atoms with E-state index in [0.29, 0.717) is 0 Å². The first-order valence-corrected chi connectivity index (χ1v) is 18.7. The molecule has 0 unspecified atom stereocenters. The average Bonchev–Trinajstić information content (AvgIpc) is 3.87. The van der Waals surface area contributed by atoms with Crippen molar-refractivity contribution in [3.63, 3.8) is 0 Å². The maximum absolute atomic E-state index is 2.50. The second-order valence-corrected chi connectivity index (χ2v) is 15.4. The van der Waals surface area contributed by atoms with E-state index < -0.39 is 0 Å². The van der Waals surface area contributed by atoms with E-state index in [1.807, 2.05) is 11.8 Å². The van der Waals surface area contributed by atoms with Crippen molar-refractivity contribution < 1.29 is 0 Å². The van der Waals surface area contributed by atoms with Gasteiger partial charge in [0.05, 0.1) is 10.8 Å². The first kappa shape index (κ1) is 27.9. The van der Waals surface area contributed by atoms with Gasteiger partial charge in [0, 0.05) is 9.79 Å². The van der Waals surface area contributed by atoms with Crippen molar-refractivity contribution in [2.24, 2.45) is 0 Å². The molecule has 0 N–H and O–H groups in total. The van der Waals surface area contributed by atoms with E-state index in [1.165, 1.54) is 98.8 Å². The van der Waals surface area contributed by atoms with E-state index in [-0.39, 0.29) is 10.8 Å². The molecule has 1 heteroatoms. The van der Waals surface area contributed by atoms with E-state index in [0.717, 1.165) is 0 Å². The van der Waals surface area contributed by atoms with Gasteiger partial charge in [-0.3, -0.25) is 0 Å². The minimum absolute atomic E-state index is 0.337. The van der Waals surface area contributed by atoms with Crippen molar-refractivity contribution >= 4 is 11.8 Å². The second kappa shape index (κ2) is 9.88. The Balaban J connectivity index is 1.05. The molecule has 0 nitrogen and oxygen atoms in total. The molecule has 0 fully saturated rings. The SMILES string of the molecule is c1ccc2c(c1)-c1ccccc1C21c2ccccc2-c2ccc(Sc3ccc4c(c3)C3(c5ccccc5-c5ccccc53)c3ccccc3-4)cc21. The van der Waals surface area contributed by atoms with Gasteiger partial charge in [-0.25, -0.2) is 0 Å². The highest BCUT2D eigenvalue weighted by atomic mass is 32.2. The van der Waals surface area contributed by atoms with Crippen LogP contribution in [0.3, 0.4) is 0 Å². The lowest BCUT2D eigenvalue weighted by Crippen LogP contribution is -2.26. The molecular formula is C50H30S. The Kier molecular flexibility index (Phi) is 5.40. The summed E-state index contributed by atoms with van der Waals surface area (Å²) in [7, 11) is 0. The fourth-order valence-corrected chi connectivity index (χ4v) is 11.3. The van der Waals surface area contributed by atoms with Gasteiger partial charge in [0.2, 0.25) is 0 Å². The van der Waals surface area contributed by atoms with E-state index in [2.05, 4.69) is 182 Å². The lowest BCUT2D eigenvalue weighted by Gasteiger charge is -2.31. The van der Waals surface area contributed by atoms with Crippen LogP contribution in [0.15, 0.2) is 192 Å². The summed E-state index contributed by atoms with van der Waals surface area (Å²) >= 11 is 1.89. The lowest BCUT2D eigenvalue weighted by molar-refractivity contribution is 0.790. The van der Waals surface area contributed by atoms with Crippen LogP contribution in [0.1, 0.15) is 44.5 Å². The maximum atomic E-state index is 2.50. The van der Waals surface area contributed by atoms with Crippen molar-refractivity contribution in [2.45, 2.75) is 20.6 Å². The van der Waals surface area contributed by atoms with Crippen LogP contribution in [-0.2, 0) is 10.8 Å². The Morgan fingerprint density at radius 1 is 0.235 bits per heavy atom. The number of fused-ring (bicyclic) bond motifs is 20. The Hall–Kier alpha value is -5.89. The molecule has 0 atom stereocenters. The molecule has 12 rings (SSSR count). The summed E-state index contributed by atoms with van der Waals surface area (Å²) in [6.45, 7) is 0. The molecule has 0 aromatic heterocycles. The highest BCUT2D eigenvalue weighted by Crippen LogP contribution is 2.65. The fourth-order valence-electron chi connectivity index (χ4n) is 10.4.